The van der Waals surface area contributed by atoms with Gasteiger partial charge in [0.15, 0.2) is 0 Å². The second-order valence-electron chi connectivity index (χ2n) is 5.19. The molecule has 1 heterocycles. The Kier molecular flexibility index (Phi) is 5.49. The Morgan fingerprint density at radius 2 is 2.32 bits per heavy atom. The van der Waals surface area contributed by atoms with Gasteiger partial charge in [0.2, 0.25) is 0 Å². The summed E-state index contributed by atoms with van der Waals surface area (Å²) < 4.78 is 0. The fourth-order valence-electron chi connectivity index (χ4n) is 2.47. The van der Waals surface area contributed by atoms with E-state index in [2.05, 4.69) is 29.3 Å². The Bertz CT molecular complexity index is 411. The van der Waals surface area contributed by atoms with E-state index >= 15 is 0 Å². The van der Waals surface area contributed by atoms with E-state index in [1.54, 1.807) is 0 Å². The summed E-state index contributed by atoms with van der Waals surface area (Å²) in [6.07, 6.45) is 2.86. The molecule has 1 saturated heterocycles. The summed E-state index contributed by atoms with van der Waals surface area (Å²) in [5, 5.41) is 13.9. The van der Waals surface area contributed by atoms with Crippen molar-refractivity contribution in [2.24, 2.45) is 0 Å². The van der Waals surface area contributed by atoms with E-state index in [9.17, 15) is 5.11 Å². The van der Waals surface area contributed by atoms with Crippen LogP contribution in [-0.4, -0.2) is 30.8 Å². The molecule has 0 radical (unpaired) electrons. The molecule has 1 aliphatic rings. The topological polar surface area (TPSA) is 35.5 Å². The second kappa shape index (κ2) is 7.13. The van der Waals surface area contributed by atoms with Crippen molar-refractivity contribution in [1.29, 1.82) is 0 Å². The van der Waals surface area contributed by atoms with Crippen LogP contribution >= 0.6 is 11.6 Å². The van der Waals surface area contributed by atoms with E-state index in [0.29, 0.717) is 6.54 Å². The van der Waals surface area contributed by atoms with E-state index in [1.807, 2.05) is 6.07 Å². The maximum atomic E-state index is 9.72. The number of aliphatic hydroxyl groups is 1. The molecule has 19 heavy (non-hydrogen) atoms. The first kappa shape index (κ1) is 14.6. The van der Waals surface area contributed by atoms with Crippen molar-refractivity contribution in [1.82, 2.24) is 5.32 Å². The summed E-state index contributed by atoms with van der Waals surface area (Å²) in [5.41, 5.74) is 2.25. The predicted octanol–water partition coefficient (Wildman–Crippen LogP) is 2.80. The first-order valence-corrected chi connectivity index (χ1v) is 7.50. The van der Waals surface area contributed by atoms with Crippen LogP contribution in [0.3, 0.4) is 0 Å². The van der Waals surface area contributed by atoms with Crippen LogP contribution in [0.5, 0.6) is 0 Å². The van der Waals surface area contributed by atoms with Crippen LogP contribution in [0.2, 0.25) is 5.02 Å². The molecule has 0 bridgehead atoms. The zero-order chi connectivity index (χ0) is 13.7. The van der Waals surface area contributed by atoms with Crippen molar-refractivity contribution in [3.63, 3.8) is 0 Å². The molecule has 3 nitrogen and oxygen atoms in total. The largest absolute Gasteiger partial charge is 0.391 e. The van der Waals surface area contributed by atoms with Crippen LogP contribution in [0.15, 0.2) is 18.2 Å². The third-order valence-electron chi connectivity index (χ3n) is 3.54. The zero-order valence-electron chi connectivity index (χ0n) is 11.5. The number of halogens is 1. The number of piperidine rings is 1. The first-order chi connectivity index (χ1) is 9.20. The minimum atomic E-state index is -0.210. The van der Waals surface area contributed by atoms with Crippen molar-refractivity contribution in [3.05, 3.63) is 28.8 Å². The lowest BCUT2D eigenvalue weighted by Gasteiger charge is -2.32. The standard InChI is InChI=1S/C15H23ClN2O/c1-2-7-17-10-12-5-6-13(9-15(12)16)18-8-3-4-14(19)11-18/h5-6,9,14,17,19H,2-4,7-8,10-11H2,1H3. The van der Waals surface area contributed by atoms with Crippen molar-refractivity contribution in [3.8, 4) is 0 Å². The van der Waals surface area contributed by atoms with Crippen LogP contribution in [0.4, 0.5) is 5.69 Å². The molecule has 0 aromatic heterocycles. The summed E-state index contributed by atoms with van der Waals surface area (Å²) >= 11 is 6.33. The van der Waals surface area contributed by atoms with Gasteiger partial charge in [0, 0.05) is 30.3 Å². The van der Waals surface area contributed by atoms with E-state index in [0.717, 1.165) is 55.2 Å². The molecule has 4 heteroatoms. The van der Waals surface area contributed by atoms with Gasteiger partial charge in [-0.25, -0.2) is 0 Å². The Labute approximate surface area is 120 Å². The smallest absolute Gasteiger partial charge is 0.0715 e. The van der Waals surface area contributed by atoms with Gasteiger partial charge >= 0.3 is 0 Å². The maximum absolute atomic E-state index is 9.72. The fraction of sp³-hybridized carbons (Fsp3) is 0.600. The maximum Gasteiger partial charge on any atom is 0.0715 e. The molecule has 0 saturated carbocycles. The highest BCUT2D eigenvalue weighted by Crippen LogP contribution is 2.26. The number of hydrogen-bond acceptors (Lipinski definition) is 3. The summed E-state index contributed by atoms with van der Waals surface area (Å²) in [7, 11) is 0. The van der Waals surface area contributed by atoms with E-state index in [-0.39, 0.29) is 6.10 Å². The van der Waals surface area contributed by atoms with Crippen molar-refractivity contribution in [2.75, 3.05) is 24.5 Å². The van der Waals surface area contributed by atoms with E-state index in [4.69, 9.17) is 11.6 Å². The molecule has 106 valence electrons. The van der Waals surface area contributed by atoms with Gasteiger partial charge in [0.25, 0.3) is 0 Å². The van der Waals surface area contributed by atoms with Gasteiger partial charge in [-0.1, -0.05) is 24.6 Å². The molecule has 0 aliphatic carbocycles. The quantitative estimate of drug-likeness (QED) is 0.815. The normalized spacial score (nSPS) is 19.7. The van der Waals surface area contributed by atoms with Gasteiger partial charge in [0.05, 0.1) is 6.10 Å². The van der Waals surface area contributed by atoms with Crippen LogP contribution < -0.4 is 10.2 Å². The lowest BCUT2D eigenvalue weighted by Crippen LogP contribution is -2.38. The molecule has 1 aromatic rings. The Balaban J connectivity index is 2.01. The van der Waals surface area contributed by atoms with Gasteiger partial charge < -0.3 is 15.3 Å². The monoisotopic (exact) mass is 282 g/mol. The van der Waals surface area contributed by atoms with Crippen LogP contribution in [-0.2, 0) is 6.54 Å². The summed E-state index contributed by atoms with van der Waals surface area (Å²) in [6, 6.07) is 6.21. The zero-order valence-corrected chi connectivity index (χ0v) is 12.3. The molecular formula is C15H23ClN2O. The van der Waals surface area contributed by atoms with Crippen LogP contribution in [0.25, 0.3) is 0 Å². The number of anilines is 1. The lowest BCUT2D eigenvalue weighted by atomic mass is 10.1. The average Bonchev–Trinajstić information content (AvgIpc) is 2.41. The molecule has 2 N–H and O–H groups in total. The molecule has 1 unspecified atom stereocenters. The highest BCUT2D eigenvalue weighted by Gasteiger charge is 2.18. The molecule has 1 aliphatic heterocycles. The van der Waals surface area contributed by atoms with Gasteiger partial charge in [-0.3, -0.25) is 0 Å². The molecule has 2 rings (SSSR count). The number of nitrogens with zero attached hydrogens (tertiary/aromatic N) is 1. The van der Waals surface area contributed by atoms with Gasteiger partial charge in [-0.05, 0) is 43.5 Å². The van der Waals surface area contributed by atoms with Crippen molar-refractivity contribution < 1.29 is 5.11 Å². The molecular weight excluding hydrogens is 260 g/mol. The molecule has 0 spiro atoms. The van der Waals surface area contributed by atoms with Crippen molar-refractivity contribution >= 4 is 17.3 Å². The Morgan fingerprint density at radius 1 is 1.47 bits per heavy atom. The number of hydrogen-bond donors (Lipinski definition) is 2. The minimum Gasteiger partial charge on any atom is -0.391 e. The van der Waals surface area contributed by atoms with Gasteiger partial charge in [0.1, 0.15) is 0 Å². The third-order valence-corrected chi connectivity index (χ3v) is 3.89. The average molecular weight is 283 g/mol. The number of benzene rings is 1. The Morgan fingerprint density at radius 3 is 3.00 bits per heavy atom. The molecule has 1 atom stereocenters. The predicted molar refractivity (Wildman–Crippen MR) is 80.9 cm³/mol. The number of rotatable bonds is 5. The second-order valence-corrected chi connectivity index (χ2v) is 5.60. The molecule has 0 amide bonds. The number of aliphatic hydroxyl groups excluding tert-OH is 1. The fourth-order valence-corrected chi connectivity index (χ4v) is 2.71. The van der Waals surface area contributed by atoms with Gasteiger partial charge in [-0.2, -0.15) is 0 Å². The Hall–Kier alpha value is -0.770. The van der Waals surface area contributed by atoms with E-state index in [1.165, 1.54) is 0 Å². The summed E-state index contributed by atoms with van der Waals surface area (Å²) in [6.45, 7) is 5.69. The van der Waals surface area contributed by atoms with Crippen molar-refractivity contribution in [2.45, 2.75) is 38.8 Å². The van der Waals surface area contributed by atoms with Crippen LogP contribution in [0, 0.1) is 0 Å². The minimum absolute atomic E-state index is 0.210. The van der Waals surface area contributed by atoms with Gasteiger partial charge in [-0.15, -0.1) is 0 Å². The third kappa shape index (κ3) is 4.10. The first-order valence-electron chi connectivity index (χ1n) is 7.13. The highest BCUT2D eigenvalue weighted by molar-refractivity contribution is 6.31. The number of nitrogens with one attached hydrogen (secondary N) is 1. The SMILES string of the molecule is CCCNCc1ccc(N2CCCC(O)C2)cc1Cl. The highest BCUT2D eigenvalue weighted by atomic mass is 35.5. The van der Waals surface area contributed by atoms with E-state index < -0.39 is 0 Å². The molecule has 1 aromatic carbocycles. The molecule has 1 fully saturated rings. The lowest BCUT2D eigenvalue weighted by molar-refractivity contribution is 0.154. The number of β-amino-alcohol motifs (C(OH)–C–C–N with tert-alkyl or cyclic N) is 1. The summed E-state index contributed by atoms with van der Waals surface area (Å²) in [4.78, 5) is 2.21. The van der Waals surface area contributed by atoms with Crippen LogP contribution in [0.1, 0.15) is 31.7 Å². The summed E-state index contributed by atoms with van der Waals surface area (Å²) in [5.74, 6) is 0.